The van der Waals surface area contributed by atoms with Gasteiger partial charge < -0.3 is 10.1 Å². The maximum atomic E-state index is 6.68. The molecule has 5 aromatic rings. The summed E-state index contributed by atoms with van der Waals surface area (Å²) >= 11 is 0. The van der Waals surface area contributed by atoms with Crippen LogP contribution < -0.4 is 15.4 Å². The van der Waals surface area contributed by atoms with Gasteiger partial charge in [-0.3, -0.25) is 5.32 Å². The van der Waals surface area contributed by atoms with Gasteiger partial charge in [-0.15, -0.1) is 0 Å². The molecule has 5 aromatic carbocycles. The summed E-state index contributed by atoms with van der Waals surface area (Å²) in [6.07, 6.45) is 26.0. The van der Waals surface area contributed by atoms with Gasteiger partial charge in [-0.2, -0.15) is 0 Å². The molecule has 3 aliphatic carbocycles. The highest BCUT2D eigenvalue weighted by Crippen LogP contribution is 2.59. The molecule has 2 aliphatic heterocycles. The third kappa shape index (κ3) is 5.77. The van der Waals surface area contributed by atoms with Gasteiger partial charge in [0.25, 0.3) is 0 Å². The van der Waals surface area contributed by atoms with Crippen molar-refractivity contribution in [1.29, 1.82) is 0 Å². The summed E-state index contributed by atoms with van der Waals surface area (Å²) in [5.41, 5.74) is 11.1. The maximum absolute atomic E-state index is 6.68. The Bertz CT molecular complexity index is 2370. The van der Waals surface area contributed by atoms with Crippen LogP contribution in [0.5, 0.6) is 11.5 Å². The van der Waals surface area contributed by atoms with E-state index in [1.54, 1.807) is 0 Å². The van der Waals surface area contributed by atoms with Gasteiger partial charge in [0.15, 0.2) is 0 Å². The van der Waals surface area contributed by atoms with Crippen LogP contribution in [0.25, 0.3) is 6.08 Å². The smallest absolute Gasteiger partial charge is 0.131 e. The van der Waals surface area contributed by atoms with Gasteiger partial charge in [-0.25, -0.2) is 0 Å². The molecule has 2 N–H and O–H groups in total. The Morgan fingerprint density at radius 1 is 0.655 bits per heavy atom. The zero-order chi connectivity index (χ0) is 36.8. The van der Waals surface area contributed by atoms with E-state index >= 15 is 0 Å². The predicted molar refractivity (Wildman–Crippen MR) is 224 cm³/mol. The molecule has 2 heterocycles. The van der Waals surface area contributed by atoms with Crippen LogP contribution >= 0.6 is 0 Å². The quantitative estimate of drug-likeness (QED) is 0.184. The number of nitrogens with one attached hydrogen (secondary N) is 2. The molecule has 0 amide bonds. The van der Waals surface area contributed by atoms with E-state index in [0.717, 1.165) is 24.3 Å². The summed E-state index contributed by atoms with van der Waals surface area (Å²) in [5, 5.41) is 7.95. The van der Waals surface area contributed by atoms with E-state index in [4.69, 9.17) is 4.74 Å². The lowest BCUT2D eigenvalue weighted by Gasteiger charge is -2.50. The lowest BCUT2D eigenvalue weighted by molar-refractivity contribution is 0.245. The van der Waals surface area contributed by atoms with Crippen molar-refractivity contribution in [2.45, 2.75) is 37.4 Å². The Morgan fingerprint density at radius 3 is 2.15 bits per heavy atom. The highest BCUT2D eigenvalue weighted by molar-refractivity contribution is 5.65. The molecule has 0 aromatic heterocycles. The van der Waals surface area contributed by atoms with E-state index in [1.165, 1.54) is 50.2 Å². The molecule has 0 saturated heterocycles. The number of benzene rings is 5. The molecular formula is C52H46N2O. The monoisotopic (exact) mass is 714 g/mol. The first-order valence-corrected chi connectivity index (χ1v) is 19.9. The molecule has 270 valence electrons. The molecule has 0 spiro atoms. The van der Waals surface area contributed by atoms with Crippen LogP contribution in [0.15, 0.2) is 193 Å². The lowest BCUT2D eigenvalue weighted by Crippen LogP contribution is -2.45. The van der Waals surface area contributed by atoms with Gasteiger partial charge in [0.1, 0.15) is 17.7 Å². The van der Waals surface area contributed by atoms with Crippen LogP contribution in [0.3, 0.4) is 0 Å². The lowest BCUT2D eigenvalue weighted by atomic mass is 9.54. The topological polar surface area (TPSA) is 33.3 Å². The minimum absolute atomic E-state index is 0.0323. The van der Waals surface area contributed by atoms with E-state index in [9.17, 15) is 0 Å². The zero-order valence-corrected chi connectivity index (χ0v) is 31.2. The molecule has 0 fully saturated rings. The van der Waals surface area contributed by atoms with Crippen molar-refractivity contribution >= 4 is 6.08 Å². The van der Waals surface area contributed by atoms with Crippen LogP contribution in [-0.2, 0) is 11.8 Å². The predicted octanol–water partition coefficient (Wildman–Crippen LogP) is 11.7. The normalized spacial score (nSPS) is 25.7. The minimum Gasteiger partial charge on any atom is -0.457 e. The fourth-order valence-electron chi connectivity index (χ4n) is 10.1. The zero-order valence-electron chi connectivity index (χ0n) is 31.2. The molecule has 6 atom stereocenters. The Kier molecular flexibility index (Phi) is 8.61. The Balaban J connectivity index is 1.10. The molecule has 3 nitrogen and oxygen atoms in total. The van der Waals surface area contributed by atoms with Crippen LogP contribution in [-0.4, -0.2) is 0 Å². The van der Waals surface area contributed by atoms with Crippen LogP contribution in [0.1, 0.15) is 64.5 Å². The molecule has 0 radical (unpaired) electrons. The van der Waals surface area contributed by atoms with Crippen LogP contribution in [0.4, 0.5) is 0 Å². The number of ether oxygens (including phenoxy) is 1. The van der Waals surface area contributed by atoms with E-state index in [2.05, 4.69) is 206 Å². The largest absolute Gasteiger partial charge is 0.457 e. The van der Waals surface area contributed by atoms with Gasteiger partial charge in [0.2, 0.25) is 0 Å². The molecular weight excluding hydrogens is 669 g/mol. The van der Waals surface area contributed by atoms with E-state index in [-0.39, 0.29) is 30.0 Å². The summed E-state index contributed by atoms with van der Waals surface area (Å²) < 4.78 is 6.68. The van der Waals surface area contributed by atoms with Gasteiger partial charge in [0.05, 0.1) is 11.5 Å². The molecule has 10 rings (SSSR count). The fraction of sp³-hybridized carbons (Fsp3) is 0.192. The van der Waals surface area contributed by atoms with Crippen molar-refractivity contribution in [3.8, 4) is 11.5 Å². The van der Waals surface area contributed by atoms with Crippen LogP contribution in [0.2, 0.25) is 0 Å². The van der Waals surface area contributed by atoms with Crippen LogP contribution in [0, 0.1) is 23.7 Å². The molecule has 3 heteroatoms. The summed E-state index contributed by atoms with van der Waals surface area (Å²) in [4.78, 5) is 0. The van der Waals surface area contributed by atoms with Gasteiger partial charge >= 0.3 is 0 Å². The number of para-hydroxylation sites is 2. The van der Waals surface area contributed by atoms with E-state index in [0.29, 0.717) is 5.92 Å². The third-order valence-electron chi connectivity index (χ3n) is 12.6. The van der Waals surface area contributed by atoms with E-state index in [1.807, 2.05) is 0 Å². The SMILES string of the molecule is CC1C=CC(C2=CC(c3cccc4c3CCC=C4)NC(c3ccccc3)N2)=CC1C1C=CC=CC1C1(c2ccccc2)c2ccccc2Oc2ccccc21. The van der Waals surface area contributed by atoms with Gasteiger partial charge in [-0.05, 0) is 82.2 Å². The van der Waals surface area contributed by atoms with Crippen molar-refractivity contribution in [2.75, 3.05) is 0 Å². The van der Waals surface area contributed by atoms with Crippen molar-refractivity contribution in [3.63, 3.8) is 0 Å². The highest BCUT2D eigenvalue weighted by atomic mass is 16.5. The first-order chi connectivity index (χ1) is 27.2. The Morgan fingerprint density at radius 2 is 1.36 bits per heavy atom. The molecule has 6 unspecified atom stereocenters. The summed E-state index contributed by atoms with van der Waals surface area (Å²) in [6.45, 7) is 2.39. The molecule has 5 aliphatic rings. The van der Waals surface area contributed by atoms with Crippen molar-refractivity contribution in [2.24, 2.45) is 23.7 Å². The number of hydrogen-bond acceptors (Lipinski definition) is 3. The Labute approximate surface area is 325 Å². The standard InChI is InChI=1S/C52H46N2O/c1-35-31-32-38(47-34-48(54-51(53-47)37-18-4-2-5-19-37)42-25-16-20-36-17-8-9-23-40(36)42)33-43(35)41-24-10-11-26-44(41)52(39-21-6-3-7-22-39)45-27-12-14-29-49(45)55-50-30-15-13-28-46(50)52/h2-8,10-22,24-35,41,43-44,48,51,53-54H,9,23H2,1H3. The van der Waals surface area contributed by atoms with Crippen molar-refractivity contribution < 1.29 is 4.74 Å². The first-order valence-electron chi connectivity index (χ1n) is 19.9. The van der Waals surface area contributed by atoms with E-state index < -0.39 is 5.41 Å². The second-order valence-corrected chi connectivity index (χ2v) is 15.6. The second kappa shape index (κ2) is 14.1. The Hall–Kier alpha value is -5.90. The number of rotatable bonds is 6. The summed E-state index contributed by atoms with van der Waals surface area (Å²) in [6, 6.07) is 46.2. The average Bonchev–Trinajstić information content (AvgIpc) is 3.26. The molecule has 0 bridgehead atoms. The maximum Gasteiger partial charge on any atom is 0.131 e. The van der Waals surface area contributed by atoms with Gasteiger partial charge in [0, 0.05) is 22.7 Å². The first kappa shape index (κ1) is 33.7. The summed E-state index contributed by atoms with van der Waals surface area (Å²) in [5.74, 6) is 2.76. The highest BCUT2D eigenvalue weighted by Gasteiger charge is 2.52. The average molecular weight is 715 g/mol. The molecule has 55 heavy (non-hydrogen) atoms. The second-order valence-electron chi connectivity index (χ2n) is 15.6. The number of hydrogen-bond donors (Lipinski definition) is 2. The van der Waals surface area contributed by atoms with Crippen molar-refractivity contribution in [3.05, 3.63) is 232 Å². The fourth-order valence-corrected chi connectivity index (χ4v) is 10.1. The number of fused-ring (bicyclic) bond motifs is 3. The van der Waals surface area contributed by atoms with Gasteiger partial charge in [-0.1, -0.05) is 177 Å². The number of allylic oxidation sites excluding steroid dienone is 8. The summed E-state index contributed by atoms with van der Waals surface area (Å²) in [7, 11) is 0. The third-order valence-corrected chi connectivity index (χ3v) is 12.6. The van der Waals surface area contributed by atoms with Crippen molar-refractivity contribution in [1.82, 2.24) is 10.6 Å². The molecule has 0 saturated carbocycles. The minimum atomic E-state index is -0.468.